The van der Waals surface area contributed by atoms with Crippen LogP contribution in [0.5, 0.6) is 0 Å². The average molecular weight is 327 g/mol. The van der Waals surface area contributed by atoms with E-state index in [1.165, 1.54) is 25.7 Å². The zero-order valence-electron chi connectivity index (χ0n) is 14.2. The first kappa shape index (κ1) is 17.4. The molecule has 2 rings (SSSR count). The molecule has 1 aliphatic carbocycles. The molecule has 0 radical (unpaired) electrons. The number of rotatable bonds is 5. The van der Waals surface area contributed by atoms with E-state index in [2.05, 4.69) is 21.5 Å². The average Bonchev–Trinajstić information content (AvgIpc) is 2.94. The molecule has 1 saturated carbocycles. The van der Waals surface area contributed by atoms with Crippen molar-refractivity contribution in [3.8, 4) is 0 Å². The Labute approximate surface area is 138 Å². The van der Waals surface area contributed by atoms with E-state index < -0.39 is 0 Å². The number of aliphatic imine (C=N–C) groups is 1. The van der Waals surface area contributed by atoms with Crippen LogP contribution in [0, 0.1) is 11.8 Å². The maximum absolute atomic E-state index is 11.8. The number of fused-ring (bicyclic) bond motifs is 1. The Hall–Kier alpha value is -0.910. The Morgan fingerprint density at radius 3 is 2.45 bits per heavy atom. The molecule has 2 aliphatic rings. The molecule has 0 bridgehead atoms. The molecule has 2 fully saturated rings. The van der Waals surface area contributed by atoms with Crippen LogP contribution < -0.4 is 5.32 Å². The fourth-order valence-corrected chi connectivity index (χ4v) is 3.70. The molecule has 126 valence electrons. The number of amides is 1. The highest BCUT2D eigenvalue weighted by molar-refractivity contribution is 7.98. The topological polar surface area (TPSA) is 47.9 Å². The number of likely N-dealkylation sites (tertiary alicyclic amines) is 1. The molecule has 0 spiro atoms. The lowest BCUT2D eigenvalue weighted by Gasteiger charge is -2.22. The van der Waals surface area contributed by atoms with Gasteiger partial charge in [0.2, 0.25) is 5.91 Å². The van der Waals surface area contributed by atoms with Crippen LogP contribution in [0.1, 0.15) is 25.7 Å². The van der Waals surface area contributed by atoms with Gasteiger partial charge in [0, 0.05) is 39.5 Å². The van der Waals surface area contributed by atoms with Crippen molar-refractivity contribution in [1.29, 1.82) is 0 Å². The molecule has 1 N–H and O–H groups in total. The van der Waals surface area contributed by atoms with E-state index in [0.29, 0.717) is 0 Å². The van der Waals surface area contributed by atoms with Crippen LogP contribution in [-0.2, 0) is 4.79 Å². The molecule has 5 nitrogen and oxygen atoms in total. The van der Waals surface area contributed by atoms with E-state index in [0.717, 1.165) is 43.2 Å². The predicted octanol–water partition coefficient (Wildman–Crippen LogP) is 1.51. The van der Waals surface area contributed by atoms with Gasteiger partial charge in [0.25, 0.3) is 0 Å². The van der Waals surface area contributed by atoms with Gasteiger partial charge in [-0.2, -0.15) is 11.8 Å². The van der Waals surface area contributed by atoms with Crippen molar-refractivity contribution < 1.29 is 4.79 Å². The summed E-state index contributed by atoms with van der Waals surface area (Å²) in [5.41, 5.74) is 0. The number of guanidine groups is 1. The van der Waals surface area contributed by atoms with Crippen molar-refractivity contribution in [2.45, 2.75) is 25.7 Å². The quantitative estimate of drug-likeness (QED) is 0.473. The number of nitrogens with zero attached hydrogens (tertiary/aromatic N) is 3. The van der Waals surface area contributed by atoms with Gasteiger partial charge in [0.05, 0.1) is 0 Å². The Morgan fingerprint density at radius 2 is 1.91 bits per heavy atom. The minimum Gasteiger partial charge on any atom is -0.355 e. The largest absolute Gasteiger partial charge is 0.355 e. The van der Waals surface area contributed by atoms with Crippen LogP contribution in [0.3, 0.4) is 0 Å². The lowest BCUT2D eigenvalue weighted by molar-refractivity contribution is -0.127. The third kappa shape index (κ3) is 4.80. The number of thioether (sulfide) groups is 1. The maximum atomic E-state index is 11.8. The lowest BCUT2D eigenvalue weighted by Crippen LogP contribution is -2.42. The summed E-state index contributed by atoms with van der Waals surface area (Å²) in [6.07, 6.45) is 7.57. The summed E-state index contributed by atoms with van der Waals surface area (Å²) in [6.45, 7) is 3.35. The summed E-state index contributed by atoms with van der Waals surface area (Å²) < 4.78 is 0. The molecular formula is C16H30N4OS. The fraction of sp³-hybridized carbons (Fsp3) is 0.875. The number of carbonyl (C=O) groups is 1. The number of carbonyl (C=O) groups excluding carboxylic acids is 1. The molecular weight excluding hydrogens is 296 g/mol. The second-order valence-electron chi connectivity index (χ2n) is 6.56. The van der Waals surface area contributed by atoms with Crippen LogP contribution in [0.25, 0.3) is 0 Å². The van der Waals surface area contributed by atoms with Crippen molar-refractivity contribution in [2.24, 2.45) is 16.8 Å². The summed E-state index contributed by atoms with van der Waals surface area (Å²) in [5.74, 6) is 3.69. The Bertz CT molecular complexity index is 386. The first-order chi connectivity index (χ1) is 10.6. The van der Waals surface area contributed by atoms with Gasteiger partial charge in [-0.1, -0.05) is 12.8 Å². The molecule has 1 aliphatic heterocycles. The minimum absolute atomic E-state index is 0.0563. The standard InChI is InChI=1S/C16H30N4OS/c1-19(2)15(21)10-18-16(17-8-9-22-3)20-11-13-6-4-5-7-14(13)12-20/h13-14H,4-12H2,1-3H3,(H,17,18). The SMILES string of the molecule is CSCCNC(=NCC(=O)N(C)C)N1CC2CCCCC2C1. The third-order valence-electron chi connectivity index (χ3n) is 4.73. The summed E-state index contributed by atoms with van der Waals surface area (Å²) in [7, 11) is 3.56. The van der Waals surface area contributed by atoms with E-state index in [1.807, 2.05) is 11.8 Å². The Balaban J connectivity index is 1.97. The van der Waals surface area contributed by atoms with Crippen molar-refractivity contribution in [3.05, 3.63) is 0 Å². The first-order valence-corrected chi connectivity index (χ1v) is 9.73. The molecule has 0 aromatic carbocycles. The molecule has 2 unspecified atom stereocenters. The second-order valence-corrected chi connectivity index (χ2v) is 7.54. The lowest BCUT2D eigenvalue weighted by atomic mass is 9.82. The monoisotopic (exact) mass is 326 g/mol. The molecule has 1 heterocycles. The molecule has 2 atom stereocenters. The molecule has 0 aromatic rings. The zero-order valence-corrected chi connectivity index (χ0v) is 15.0. The predicted molar refractivity (Wildman–Crippen MR) is 94.4 cm³/mol. The summed E-state index contributed by atoms with van der Waals surface area (Å²) in [6, 6.07) is 0. The fourth-order valence-electron chi connectivity index (χ4n) is 3.40. The molecule has 22 heavy (non-hydrogen) atoms. The smallest absolute Gasteiger partial charge is 0.243 e. The van der Waals surface area contributed by atoms with E-state index in [4.69, 9.17) is 0 Å². The highest BCUT2D eigenvalue weighted by Crippen LogP contribution is 2.35. The van der Waals surface area contributed by atoms with Gasteiger partial charge in [-0.3, -0.25) is 4.79 Å². The third-order valence-corrected chi connectivity index (χ3v) is 5.34. The van der Waals surface area contributed by atoms with Crippen molar-refractivity contribution in [1.82, 2.24) is 15.1 Å². The minimum atomic E-state index is 0.0563. The maximum Gasteiger partial charge on any atom is 0.243 e. The van der Waals surface area contributed by atoms with Gasteiger partial charge in [-0.25, -0.2) is 4.99 Å². The number of likely N-dealkylation sites (N-methyl/N-ethyl adjacent to an activating group) is 1. The van der Waals surface area contributed by atoms with Gasteiger partial charge in [0.15, 0.2) is 5.96 Å². The highest BCUT2D eigenvalue weighted by atomic mass is 32.2. The van der Waals surface area contributed by atoms with E-state index in [9.17, 15) is 4.79 Å². The van der Waals surface area contributed by atoms with E-state index in [1.54, 1.807) is 19.0 Å². The Kier molecular flexibility index (Phi) is 6.86. The van der Waals surface area contributed by atoms with Gasteiger partial charge in [-0.15, -0.1) is 0 Å². The van der Waals surface area contributed by atoms with E-state index >= 15 is 0 Å². The van der Waals surface area contributed by atoms with Crippen molar-refractivity contribution in [3.63, 3.8) is 0 Å². The number of hydrogen-bond donors (Lipinski definition) is 1. The van der Waals surface area contributed by atoms with Crippen LogP contribution in [0.2, 0.25) is 0 Å². The highest BCUT2D eigenvalue weighted by Gasteiger charge is 2.35. The Morgan fingerprint density at radius 1 is 1.27 bits per heavy atom. The summed E-state index contributed by atoms with van der Waals surface area (Å²) in [5, 5.41) is 3.45. The second kappa shape index (κ2) is 8.65. The normalized spacial score (nSPS) is 25.0. The zero-order chi connectivity index (χ0) is 15.9. The van der Waals surface area contributed by atoms with Crippen LogP contribution in [0.4, 0.5) is 0 Å². The number of hydrogen-bond acceptors (Lipinski definition) is 3. The van der Waals surface area contributed by atoms with Gasteiger partial charge in [0.1, 0.15) is 6.54 Å². The van der Waals surface area contributed by atoms with E-state index in [-0.39, 0.29) is 12.5 Å². The molecule has 6 heteroatoms. The molecule has 0 aromatic heterocycles. The van der Waals surface area contributed by atoms with Crippen molar-refractivity contribution in [2.75, 3.05) is 52.3 Å². The van der Waals surface area contributed by atoms with Gasteiger partial charge < -0.3 is 15.1 Å². The van der Waals surface area contributed by atoms with Crippen LogP contribution >= 0.6 is 11.8 Å². The summed E-state index contributed by atoms with van der Waals surface area (Å²) in [4.78, 5) is 20.4. The van der Waals surface area contributed by atoms with Crippen molar-refractivity contribution >= 4 is 23.6 Å². The number of nitrogens with one attached hydrogen (secondary N) is 1. The molecule has 1 saturated heterocycles. The first-order valence-electron chi connectivity index (χ1n) is 8.34. The van der Waals surface area contributed by atoms with Gasteiger partial charge in [-0.05, 0) is 30.9 Å². The van der Waals surface area contributed by atoms with Crippen LogP contribution in [0.15, 0.2) is 4.99 Å². The van der Waals surface area contributed by atoms with Crippen LogP contribution in [-0.4, -0.2) is 73.9 Å². The van der Waals surface area contributed by atoms with Gasteiger partial charge >= 0.3 is 0 Å². The molecule has 1 amide bonds. The summed E-state index contributed by atoms with van der Waals surface area (Å²) >= 11 is 1.82.